The van der Waals surface area contributed by atoms with E-state index >= 15 is 0 Å². The number of esters is 1. The third-order valence-corrected chi connectivity index (χ3v) is 4.74. The molecular formula is C19H27NO4. The van der Waals surface area contributed by atoms with Crippen LogP contribution in [0.2, 0.25) is 0 Å². The molecule has 0 radical (unpaired) electrons. The molecule has 0 spiro atoms. The molecule has 2 atom stereocenters. The van der Waals surface area contributed by atoms with E-state index in [1.54, 1.807) is 0 Å². The zero-order valence-corrected chi connectivity index (χ0v) is 15.0. The van der Waals surface area contributed by atoms with Gasteiger partial charge in [-0.25, -0.2) is 9.59 Å². The first-order valence-corrected chi connectivity index (χ1v) is 8.38. The lowest BCUT2D eigenvalue weighted by molar-refractivity contribution is -0.149. The summed E-state index contributed by atoms with van der Waals surface area (Å²) in [5.74, 6) is -0.0135. The highest BCUT2D eigenvalue weighted by Gasteiger charge is 2.41. The van der Waals surface area contributed by atoms with Gasteiger partial charge in [0.15, 0.2) is 0 Å². The first-order valence-electron chi connectivity index (χ1n) is 8.38. The third kappa shape index (κ3) is 4.49. The van der Waals surface area contributed by atoms with Crippen molar-refractivity contribution in [2.75, 3.05) is 13.7 Å². The van der Waals surface area contributed by atoms with Crippen LogP contribution in [0.15, 0.2) is 30.3 Å². The van der Waals surface area contributed by atoms with Gasteiger partial charge in [-0.1, -0.05) is 51.1 Å². The molecule has 1 aromatic rings. The number of nitrogens with zero attached hydrogens (tertiary/aromatic N) is 1. The number of rotatable bonds is 3. The van der Waals surface area contributed by atoms with Gasteiger partial charge in [0.1, 0.15) is 12.6 Å². The van der Waals surface area contributed by atoms with Gasteiger partial charge < -0.3 is 9.47 Å². The molecule has 1 heterocycles. The number of carbonyl (C=O) groups is 2. The van der Waals surface area contributed by atoms with Gasteiger partial charge in [0.25, 0.3) is 0 Å². The number of benzene rings is 1. The number of carbonyl (C=O) groups excluding carboxylic acids is 2. The number of ether oxygens (including phenoxy) is 2. The van der Waals surface area contributed by atoms with Crippen molar-refractivity contribution in [1.82, 2.24) is 4.90 Å². The lowest BCUT2D eigenvalue weighted by atomic mass is 9.73. The predicted octanol–water partition coefficient (Wildman–Crippen LogP) is 3.62. The van der Waals surface area contributed by atoms with Crippen LogP contribution in [0.25, 0.3) is 0 Å². The molecule has 5 nitrogen and oxygen atoms in total. The Hall–Kier alpha value is -2.04. The van der Waals surface area contributed by atoms with E-state index in [2.05, 4.69) is 20.8 Å². The molecule has 1 aliphatic rings. The van der Waals surface area contributed by atoms with Crippen LogP contribution in [-0.2, 0) is 20.9 Å². The summed E-state index contributed by atoms with van der Waals surface area (Å²) in [7, 11) is 1.36. The Labute approximate surface area is 143 Å². The van der Waals surface area contributed by atoms with E-state index in [-0.39, 0.29) is 18.0 Å². The lowest BCUT2D eigenvalue weighted by Crippen LogP contribution is -2.52. The Bertz CT molecular complexity index is 564. The summed E-state index contributed by atoms with van der Waals surface area (Å²) in [6.45, 7) is 7.20. The molecule has 1 aromatic carbocycles. The Morgan fingerprint density at radius 3 is 2.46 bits per heavy atom. The highest BCUT2D eigenvalue weighted by atomic mass is 16.6. The molecule has 1 saturated heterocycles. The van der Waals surface area contributed by atoms with Crippen molar-refractivity contribution in [3.05, 3.63) is 35.9 Å². The second-order valence-corrected chi connectivity index (χ2v) is 7.36. The fourth-order valence-corrected chi connectivity index (χ4v) is 3.13. The molecular weight excluding hydrogens is 306 g/mol. The zero-order chi connectivity index (χ0) is 17.7. The Kier molecular flexibility index (Phi) is 5.86. The molecule has 1 aliphatic heterocycles. The van der Waals surface area contributed by atoms with Crippen LogP contribution in [0.1, 0.15) is 39.2 Å². The molecule has 0 aliphatic carbocycles. The van der Waals surface area contributed by atoms with Gasteiger partial charge >= 0.3 is 12.1 Å². The number of methoxy groups -OCH3 is 1. The smallest absolute Gasteiger partial charge is 0.410 e. The van der Waals surface area contributed by atoms with Crippen molar-refractivity contribution >= 4 is 12.1 Å². The number of piperidine rings is 1. The molecule has 132 valence electrons. The number of amides is 1. The minimum Gasteiger partial charge on any atom is -0.467 e. The van der Waals surface area contributed by atoms with E-state index in [9.17, 15) is 9.59 Å². The van der Waals surface area contributed by atoms with Crippen molar-refractivity contribution in [1.29, 1.82) is 0 Å². The zero-order valence-electron chi connectivity index (χ0n) is 15.0. The average molecular weight is 333 g/mol. The monoisotopic (exact) mass is 333 g/mol. The minimum absolute atomic E-state index is 0.0896. The summed E-state index contributed by atoms with van der Waals surface area (Å²) in [5, 5.41) is 0. The van der Waals surface area contributed by atoms with Gasteiger partial charge in [-0.2, -0.15) is 0 Å². The van der Waals surface area contributed by atoms with Crippen LogP contribution < -0.4 is 0 Å². The third-order valence-electron chi connectivity index (χ3n) is 4.74. The summed E-state index contributed by atoms with van der Waals surface area (Å²) in [6, 6.07) is 8.94. The molecule has 0 aromatic heterocycles. The molecule has 24 heavy (non-hydrogen) atoms. The van der Waals surface area contributed by atoms with E-state index in [4.69, 9.17) is 9.47 Å². The molecule has 2 rings (SSSR count). The SMILES string of the molecule is COC(=O)[C@@H]1C[C@@H](C(C)(C)C)CCN1C(=O)OCc1ccccc1. The summed E-state index contributed by atoms with van der Waals surface area (Å²) < 4.78 is 10.3. The van der Waals surface area contributed by atoms with Crippen molar-refractivity contribution in [3.8, 4) is 0 Å². The van der Waals surface area contributed by atoms with E-state index in [1.165, 1.54) is 12.0 Å². The molecule has 5 heteroatoms. The number of hydrogen-bond acceptors (Lipinski definition) is 4. The topological polar surface area (TPSA) is 55.8 Å². The van der Waals surface area contributed by atoms with Crippen molar-refractivity contribution in [2.24, 2.45) is 11.3 Å². The van der Waals surface area contributed by atoms with Crippen molar-refractivity contribution in [2.45, 2.75) is 46.3 Å². The number of likely N-dealkylation sites (tertiary alicyclic amines) is 1. The minimum atomic E-state index is -0.573. The van der Waals surface area contributed by atoms with Gasteiger partial charge in [0, 0.05) is 6.54 Å². The van der Waals surface area contributed by atoms with Gasteiger partial charge in [-0.05, 0) is 29.7 Å². The quantitative estimate of drug-likeness (QED) is 0.793. The highest BCUT2D eigenvalue weighted by Crippen LogP contribution is 2.37. The van der Waals surface area contributed by atoms with Gasteiger partial charge in [0.05, 0.1) is 7.11 Å². The first-order chi connectivity index (χ1) is 11.3. The Morgan fingerprint density at radius 1 is 1.21 bits per heavy atom. The largest absolute Gasteiger partial charge is 0.467 e. The molecule has 0 unspecified atom stereocenters. The highest BCUT2D eigenvalue weighted by molar-refractivity contribution is 5.81. The molecule has 0 N–H and O–H groups in total. The van der Waals surface area contributed by atoms with Gasteiger partial charge in [0.2, 0.25) is 0 Å². The number of hydrogen-bond donors (Lipinski definition) is 0. The second kappa shape index (κ2) is 7.69. The fraction of sp³-hybridized carbons (Fsp3) is 0.579. The summed E-state index contributed by atoms with van der Waals surface area (Å²) >= 11 is 0. The normalized spacial score (nSPS) is 21.2. The standard InChI is InChI=1S/C19H27NO4/c1-19(2,3)15-10-11-20(16(12-15)17(21)23-4)18(22)24-13-14-8-6-5-7-9-14/h5-9,15-16H,10-13H2,1-4H3/t15-,16-/m0/s1. The molecule has 1 fully saturated rings. The van der Waals surface area contributed by atoms with E-state index in [0.717, 1.165) is 12.0 Å². The fourth-order valence-electron chi connectivity index (χ4n) is 3.13. The Balaban J connectivity index is 2.03. The maximum Gasteiger partial charge on any atom is 0.410 e. The lowest BCUT2D eigenvalue weighted by Gasteiger charge is -2.42. The van der Waals surface area contributed by atoms with E-state index in [0.29, 0.717) is 18.9 Å². The molecule has 1 amide bonds. The predicted molar refractivity (Wildman–Crippen MR) is 91.3 cm³/mol. The van der Waals surface area contributed by atoms with Crippen LogP contribution in [0.4, 0.5) is 4.79 Å². The molecule has 0 saturated carbocycles. The second-order valence-electron chi connectivity index (χ2n) is 7.36. The Morgan fingerprint density at radius 2 is 1.88 bits per heavy atom. The summed E-state index contributed by atoms with van der Waals surface area (Å²) in [6.07, 6.45) is 1.01. The molecule has 0 bridgehead atoms. The van der Waals surface area contributed by atoms with Crippen LogP contribution in [-0.4, -0.2) is 36.7 Å². The van der Waals surface area contributed by atoms with E-state index < -0.39 is 12.1 Å². The van der Waals surface area contributed by atoms with Crippen LogP contribution in [0, 0.1) is 11.3 Å². The van der Waals surface area contributed by atoms with E-state index in [1.807, 2.05) is 30.3 Å². The van der Waals surface area contributed by atoms with Crippen molar-refractivity contribution < 1.29 is 19.1 Å². The first kappa shape index (κ1) is 18.3. The maximum absolute atomic E-state index is 12.5. The van der Waals surface area contributed by atoms with Gasteiger partial charge in [-0.3, -0.25) is 4.90 Å². The van der Waals surface area contributed by atoms with Crippen LogP contribution >= 0.6 is 0 Å². The van der Waals surface area contributed by atoms with Crippen LogP contribution in [0.3, 0.4) is 0 Å². The van der Waals surface area contributed by atoms with Crippen molar-refractivity contribution in [3.63, 3.8) is 0 Å². The average Bonchev–Trinajstić information content (AvgIpc) is 2.58. The van der Waals surface area contributed by atoms with Crippen LogP contribution in [0.5, 0.6) is 0 Å². The maximum atomic E-state index is 12.5. The van der Waals surface area contributed by atoms with Gasteiger partial charge in [-0.15, -0.1) is 0 Å². The summed E-state index contributed by atoms with van der Waals surface area (Å²) in [5.41, 5.74) is 1.01. The summed E-state index contributed by atoms with van der Waals surface area (Å²) in [4.78, 5) is 26.1.